The van der Waals surface area contributed by atoms with Gasteiger partial charge in [0.15, 0.2) is 0 Å². The lowest BCUT2D eigenvalue weighted by Gasteiger charge is -2.35. The first-order valence-electron chi connectivity index (χ1n) is 8.90. The number of nitrogens with one attached hydrogen (secondary N) is 2. The molecule has 3 aromatic rings. The number of para-hydroxylation sites is 1. The number of aromatic amines is 1. The van der Waals surface area contributed by atoms with Gasteiger partial charge in [-0.2, -0.15) is 0 Å². The Hall–Kier alpha value is -2.70. The molecule has 1 atom stereocenters. The van der Waals surface area contributed by atoms with E-state index in [1.807, 2.05) is 6.07 Å². The van der Waals surface area contributed by atoms with E-state index in [1.165, 1.54) is 28.2 Å². The minimum atomic E-state index is -0.266. The molecule has 2 aliphatic heterocycles. The average Bonchev–Trinajstić information content (AvgIpc) is 3.26. The molecule has 0 spiro atoms. The lowest BCUT2D eigenvalue weighted by Crippen LogP contribution is -2.47. The van der Waals surface area contributed by atoms with Crippen molar-refractivity contribution in [3.05, 3.63) is 77.6 Å². The van der Waals surface area contributed by atoms with Crippen molar-refractivity contribution in [2.45, 2.75) is 12.6 Å². The van der Waals surface area contributed by atoms with Crippen molar-refractivity contribution in [1.82, 2.24) is 25.3 Å². The van der Waals surface area contributed by atoms with Crippen LogP contribution >= 0.6 is 0 Å². The summed E-state index contributed by atoms with van der Waals surface area (Å²) in [6, 6.07) is 11.3. The van der Waals surface area contributed by atoms with E-state index >= 15 is 0 Å². The zero-order valence-corrected chi connectivity index (χ0v) is 14.3. The number of nitrogens with zero attached hydrogens (tertiary/aromatic N) is 3. The molecule has 0 bridgehead atoms. The lowest BCUT2D eigenvalue weighted by molar-refractivity contribution is 0.139. The Morgan fingerprint density at radius 1 is 1.15 bits per heavy atom. The normalized spacial score (nSPS) is 20.4. The molecule has 1 unspecified atom stereocenters. The molecule has 132 valence electrons. The van der Waals surface area contributed by atoms with Gasteiger partial charge in [-0.1, -0.05) is 18.2 Å². The maximum Gasteiger partial charge on any atom is 0.146 e. The summed E-state index contributed by atoms with van der Waals surface area (Å²) in [5.74, 6) is -0.266. The zero-order valence-electron chi connectivity index (χ0n) is 14.3. The van der Waals surface area contributed by atoms with Crippen LogP contribution in [0.2, 0.25) is 0 Å². The highest BCUT2D eigenvalue weighted by atomic mass is 19.1. The van der Waals surface area contributed by atoms with Crippen molar-refractivity contribution >= 4 is 10.9 Å². The second-order valence-corrected chi connectivity index (χ2v) is 6.86. The summed E-state index contributed by atoms with van der Waals surface area (Å²) in [6.45, 7) is 3.58. The summed E-state index contributed by atoms with van der Waals surface area (Å²) in [5.41, 5.74) is 7.49. The summed E-state index contributed by atoms with van der Waals surface area (Å²) < 4.78 is 14.0. The molecule has 6 heteroatoms. The van der Waals surface area contributed by atoms with Gasteiger partial charge in [0.2, 0.25) is 0 Å². The monoisotopic (exact) mass is 349 g/mol. The third-order valence-electron chi connectivity index (χ3n) is 5.18. The first-order valence-corrected chi connectivity index (χ1v) is 8.90. The average molecular weight is 349 g/mol. The Kier molecular flexibility index (Phi) is 3.72. The summed E-state index contributed by atoms with van der Waals surface area (Å²) in [5, 5.41) is 3.41. The molecule has 26 heavy (non-hydrogen) atoms. The lowest BCUT2D eigenvalue weighted by atomic mass is 10.1. The standard InChI is InChI=1S/C20H20FN5/c21-17-5-3-7-22-20(17)19-10-15-13-25(8-9-26(15)24-19)12-14-11-23-18-6-2-1-4-16(14)18/h1-7,10-11,19,23-24H,8-9,12-13H2. The third-order valence-corrected chi connectivity index (χ3v) is 5.18. The molecular formula is C20H20FN5. The Labute approximate surface area is 151 Å². The van der Waals surface area contributed by atoms with E-state index in [-0.39, 0.29) is 11.9 Å². The summed E-state index contributed by atoms with van der Waals surface area (Å²) >= 11 is 0. The molecule has 0 amide bonds. The van der Waals surface area contributed by atoms with Gasteiger partial charge in [0, 0.05) is 55.2 Å². The number of hydrogen-bond donors (Lipinski definition) is 2. The number of H-pyrrole nitrogens is 1. The van der Waals surface area contributed by atoms with Crippen molar-refractivity contribution in [2.75, 3.05) is 19.6 Å². The summed E-state index contributed by atoms with van der Waals surface area (Å²) in [6.07, 6.45) is 5.83. The molecule has 5 rings (SSSR count). The second kappa shape index (κ2) is 6.23. The minimum absolute atomic E-state index is 0.195. The number of pyridine rings is 1. The molecule has 1 saturated heterocycles. The van der Waals surface area contributed by atoms with Gasteiger partial charge in [-0.25, -0.2) is 9.82 Å². The van der Waals surface area contributed by atoms with Crippen LogP contribution in [0.1, 0.15) is 17.3 Å². The smallest absolute Gasteiger partial charge is 0.146 e. The molecule has 1 aromatic carbocycles. The van der Waals surface area contributed by atoms with Crippen LogP contribution in [-0.4, -0.2) is 39.5 Å². The minimum Gasteiger partial charge on any atom is -0.361 e. The van der Waals surface area contributed by atoms with Crippen LogP contribution in [0.5, 0.6) is 0 Å². The number of fused-ring (bicyclic) bond motifs is 2. The van der Waals surface area contributed by atoms with E-state index < -0.39 is 0 Å². The number of halogens is 1. The zero-order chi connectivity index (χ0) is 17.5. The molecule has 0 radical (unpaired) electrons. The SMILES string of the molecule is Fc1cccnc1C1C=C2CN(Cc3c[nH]c4ccccc34)CCN2N1. The van der Waals surface area contributed by atoms with Crippen molar-refractivity contribution in [3.8, 4) is 0 Å². The van der Waals surface area contributed by atoms with Crippen LogP contribution in [0, 0.1) is 5.82 Å². The molecule has 0 aliphatic carbocycles. The molecule has 4 heterocycles. The van der Waals surface area contributed by atoms with Crippen molar-refractivity contribution in [1.29, 1.82) is 0 Å². The van der Waals surface area contributed by atoms with Crippen molar-refractivity contribution in [3.63, 3.8) is 0 Å². The largest absolute Gasteiger partial charge is 0.361 e. The van der Waals surface area contributed by atoms with E-state index in [1.54, 1.807) is 12.3 Å². The number of piperazine rings is 1. The molecule has 5 nitrogen and oxygen atoms in total. The fourth-order valence-corrected chi connectivity index (χ4v) is 3.87. The molecule has 2 aliphatic rings. The highest BCUT2D eigenvalue weighted by Crippen LogP contribution is 2.28. The van der Waals surface area contributed by atoms with Crippen LogP contribution in [0.15, 0.2) is 60.6 Å². The highest BCUT2D eigenvalue weighted by molar-refractivity contribution is 5.82. The summed E-state index contributed by atoms with van der Waals surface area (Å²) in [7, 11) is 0. The predicted molar refractivity (Wildman–Crippen MR) is 98.4 cm³/mol. The van der Waals surface area contributed by atoms with E-state index in [0.717, 1.165) is 26.2 Å². The Balaban J connectivity index is 1.34. The molecule has 1 fully saturated rings. The van der Waals surface area contributed by atoms with Gasteiger partial charge in [-0.15, -0.1) is 0 Å². The first-order chi connectivity index (χ1) is 12.8. The van der Waals surface area contributed by atoms with Gasteiger partial charge in [0.1, 0.15) is 5.82 Å². The molecule has 0 saturated carbocycles. The van der Waals surface area contributed by atoms with Gasteiger partial charge in [0.05, 0.1) is 11.7 Å². The molecular weight excluding hydrogens is 329 g/mol. The topological polar surface area (TPSA) is 47.2 Å². The third kappa shape index (κ3) is 2.67. The Morgan fingerprint density at radius 2 is 2.08 bits per heavy atom. The van der Waals surface area contributed by atoms with Crippen LogP contribution in [0.3, 0.4) is 0 Å². The Bertz CT molecular complexity index is 979. The van der Waals surface area contributed by atoms with Crippen LogP contribution < -0.4 is 5.43 Å². The van der Waals surface area contributed by atoms with E-state index in [2.05, 4.69) is 55.8 Å². The molecule has 2 aromatic heterocycles. The number of benzene rings is 1. The summed E-state index contributed by atoms with van der Waals surface area (Å²) in [4.78, 5) is 9.98. The van der Waals surface area contributed by atoms with Crippen LogP contribution in [0.4, 0.5) is 4.39 Å². The maximum atomic E-state index is 14.0. The van der Waals surface area contributed by atoms with E-state index in [9.17, 15) is 4.39 Å². The number of rotatable bonds is 3. The van der Waals surface area contributed by atoms with Gasteiger partial charge < -0.3 is 9.99 Å². The Morgan fingerprint density at radius 3 is 3.00 bits per heavy atom. The van der Waals surface area contributed by atoms with E-state index in [0.29, 0.717) is 5.69 Å². The fourth-order valence-electron chi connectivity index (χ4n) is 3.87. The number of aromatic nitrogens is 2. The molecule has 2 N–H and O–H groups in total. The van der Waals surface area contributed by atoms with Crippen LogP contribution in [0.25, 0.3) is 10.9 Å². The predicted octanol–water partition coefficient (Wildman–Crippen LogP) is 2.96. The number of hydrogen-bond acceptors (Lipinski definition) is 4. The maximum absolute atomic E-state index is 14.0. The second-order valence-electron chi connectivity index (χ2n) is 6.86. The van der Waals surface area contributed by atoms with Gasteiger partial charge in [0.25, 0.3) is 0 Å². The van der Waals surface area contributed by atoms with Gasteiger partial charge in [-0.05, 0) is 29.8 Å². The highest BCUT2D eigenvalue weighted by Gasteiger charge is 2.30. The number of hydrazine groups is 1. The van der Waals surface area contributed by atoms with Gasteiger partial charge in [-0.3, -0.25) is 9.88 Å². The van der Waals surface area contributed by atoms with Crippen molar-refractivity contribution in [2.24, 2.45) is 0 Å². The van der Waals surface area contributed by atoms with Crippen molar-refractivity contribution < 1.29 is 4.39 Å². The van der Waals surface area contributed by atoms with Gasteiger partial charge >= 0.3 is 0 Å². The fraction of sp³-hybridized carbons (Fsp3) is 0.250. The van der Waals surface area contributed by atoms with Crippen LogP contribution in [-0.2, 0) is 6.54 Å². The van der Waals surface area contributed by atoms with E-state index in [4.69, 9.17) is 0 Å². The first kappa shape index (κ1) is 15.5. The quantitative estimate of drug-likeness (QED) is 0.763.